The van der Waals surface area contributed by atoms with E-state index < -0.39 is 22.8 Å². The third kappa shape index (κ3) is 3.18. The molecule has 0 radical (unpaired) electrons. The topological polar surface area (TPSA) is 78.2 Å². The van der Waals surface area contributed by atoms with Crippen LogP contribution in [0.5, 0.6) is 5.75 Å². The number of carboxylic acids is 1. The van der Waals surface area contributed by atoms with Gasteiger partial charge in [-0.3, -0.25) is 14.5 Å². The summed E-state index contributed by atoms with van der Waals surface area (Å²) < 4.78 is 22.3. The number of piperazine rings is 1. The Bertz CT molecular complexity index is 972. The third-order valence-electron chi connectivity index (χ3n) is 4.97. The number of ether oxygens (including phenoxy) is 1. The van der Waals surface area contributed by atoms with E-state index in [-0.39, 0.29) is 47.4 Å². The Kier molecular flexibility index (Phi) is 5.40. The first-order valence-corrected chi connectivity index (χ1v) is 8.31. The zero-order valence-corrected chi connectivity index (χ0v) is 17.5. The molecule has 0 amide bonds. The van der Waals surface area contributed by atoms with Crippen molar-refractivity contribution in [2.45, 2.75) is 0 Å². The van der Waals surface area contributed by atoms with Crippen molar-refractivity contribution >= 4 is 22.6 Å². The van der Waals surface area contributed by atoms with Gasteiger partial charge in [0.15, 0.2) is 18.3 Å². The van der Waals surface area contributed by atoms with Gasteiger partial charge in [-0.1, -0.05) is 0 Å². The Morgan fingerprint density at radius 2 is 1.89 bits per heavy atom. The Morgan fingerprint density at radius 1 is 1.22 bits per heavy atom. The number of aromatic carboxylic acids is 1. The van der Waals surface area contributed by atoms with Gasteiger partial charge in [0.25, 0.3) is 0 Å². The summed E-state index contributed by atoms with van der Waals surface area (Å²) in [5, 5.41) is 10.9. The fourth-order valence-corrected chi connectivity index (χ4v) is 3.50. The molecule has 0 spiro atoms. The zero-order chi connectivity index (χ0) is 18.6. The summed E-state index contributed by atoms with van der Waals surface area (Å²) in [6.45, 7) is 2.99. The summed E-state index contributed by atoms with van der Waals surface area (Å²) in [5.41, 5.74) is -0.393. The van der Waals surface area contributed by atoms with Gasteiger partial charge in [0, 0.05) is 39.4 Å². The second kappa shape index (κ2) is 7.31. The van der Waals surface area contributed by atoms with Gasteiger partial charge in [0.2, 0.25) is 5.43 Å². The predicted molar refractivity (Wildman–Crippen MR) is 94.5 cm³/mol. The molecule has 2 aliphatic heterocycles. The number of halogens is 1. The molecule has 1 aromatic heterocycles. The molecule has 0 atom stereocenters. The number of aromatic nitrogens is 1. The van der Waals surface area contributed by atoms with Crippen LogP contribution in [0.2, 0.25) is 0 Å². The first-order chi connectivity index (χ1) is 12.4. The number of nitrogens with zero attached hydrogens (tertiary/aromatic N) is 4. The van der Waals surface area contributed by atoms with E-state index in [2.05, 4.69) is 4.90 Å². The largest absolute Gasteiger partial charge is 1.00 e. The maximum absolute atomic E-state index is 15.0. The van der Waals surface area contributed by atoms with Crippen molar-refractivity contribution in [1.29, 1.82) is 0 Å². The van der Waals surface area contributed by atoms with E-state index in [1.54, 1.807) is 16.7 Å². The molecular weight excluding hydrogens is 366 g/mol. The number of hydrogen-bond donors (Lipinski definition) is 1. The van der Waals surface area contributed by atoms with Gasteiger partial charge in [-0.25, -0.2) is 9.18 Å². The number of carboxylic acid groups (broad SMARTS) is 1. The fourth-order valence-electron chi connectivity index (χ4n) is 3.50. The van der Waals surface area contributed by atoms with Crippen molar-refractivity contribution in [2.24, 2.45) is 0 Å². The third-order valence-corrected chi connectivity index (χ3v) is 4.97. The second-order valence-electron chi connectivity index (χ2n) is 6.68. The molecular formula is C17H19FN4NaO4+. The van der Waals surface area contributed by atoms with Gasteiger partial charge in [0.05, 0.1) is 5.39 Å². The molecule has 2 aliphatic rings. The minimum absolute atomic E-state index is 0. The summed E-state index contributed by atoms with van der Waals surface area (Å²) in [6.07, 6.45) is 1.27. The van der Waals surface area contributed by atoms with Crippen LogP contribution in [0.4, 0.5) is 10.1 Å². The van der Waals surface area contributed by atoms with Crippen molar-refractivity contribution < 1.29 is 48.6 Å². The van der Waals surface area contributed by atoms with Crippen LogP contribution in [0.1, 0.15) is 10.4 Å². The summed E-state index contributed by atoms with van der Waals surface area (Å²) in [5.74, 6) is -1.63. The van der Waals surface area contributed by atoms with E-state index in [4.69, 9.17) is 4.74 Å². The van der Waals surface area contributed by atoms with Crippen LogP contribution in [-0.2, 0) is 0 Å². The van der Waals surface area contributed by atoms with Crippen molar-refractivity contribution in [3.63, 3.8) is 0 Å². The molecule has 27 heavy (non-hydrogen) atoms. The van der Waals surface area contributed by atoms with Crippen LogP contribution in [-0.4, -0.2) is 67.7 Å². The Hall–Kier alpha value is -1.81. The molecule has 0 unspecified atom stereocenters. The normalized spacial score (nSPS) is 16.9. The first kappa shape index (κ1) is 19.9. The quantitative estimate of drug-likeness (QED) is 0.574. The summed E-state index contributed by atoms with van der Waals surface area (Å²) >= 11 is 0. The van der Waals surface area contributed by atoms with E-state index in [9.17, 15) is 19.1 Å². The molecule has 1 aromatic carbocycles. The van der Waals surface area contributed by atoms with E-state index in [0.29, 0.717) is 24.3 Å². The van der Waals surface area contributed by atoms with Gasteiger partial charge in [-0.15, -0.1) is 0 Å². The average Bonchev–Trinajstić information content (AvgIpc) is 2.60. The minimum atomic E-state index is -1.34. The van der Waals surface area contributed by atoms with Crippen LogP contribution in [0, 0.1) is 5.82 Å². The van der Waals surface area contributed by atoms with Crippen molar-refractivity contribution in [3.05, 3.63) is 33.9 Å². The Morgan fingerprint density at radius 3 is 2.52 bits per heavy atom. The smallest absolute Gasteiger partial charge is 0.477 e. The summed E-state index contributed by atoms with van der Waals surface area (Å²) in [7, 11) is 3.71. The number of carbonyl (C=O) groups is 1. The molecule has 3 heterocycles. The van der Waals surface area contributed by atoms with Gasteiger partial charge in [0.1, 0.15) is 16.8 Å². The van der Waals surface area contributed by atoms with E-state index in [0.717, 1.165) is 19.2 Å². The SMILES string of the molecule is CN1CCN(c2c(F)cc3c(=O)c(C(=O)O)cn4c3c2OCN4C)CC1.[Na+]. The van der Waals surface area contributed by atoms with Crippen LogP contribution >= 0.6 is 0 Å². The molecule has 8 nitrogen and oxygen atoms in total. The summed E-state index contributed by atoms with van der Waals surface area (Å²) in [4.78, 5) is 28.0. The molecule has 10 heteroatoms. The van der Waals surface area contributed by atoms with Crippen molar-refractivity contribution in [3.8, 4) is 5.75 Å². The van der Waals surface area contributed by atoms with Gasteiger partial charge >= 0.3 is 35.5 Å². The Balaban J connectivity index is 0.00000210. The number of anilines is 1. The summed E-state index contributed by atoms with van der Waals surface area (Å²) in [6, 6.07) is 1.13. The van der Waals surface area contributed by atoms with Crippen LogP contribution in [0.15, 0.2) is 17.1 Å². The van der Waals surface area contributed by atoms with Crippen LogP contribution in [0.25, 0.3) is 10.9 Å². The van der Waals surface area contributed by atoms with E-state index in [1.165, 1.54) is 6.20 Å². The number of rotatable bonds is 2. The maximum atomic E-state index is 15.0. The molecule has 1 saturated heterocycles. The molecule has 0 bridgehead atoms. The monoisotopic (exact) mass is 385 g/mol. The number of hydrogen-bond acceptors (Lipinski definition) is 6. The molecule has 2 aromatic rings. The van der Waals surface area contributed by atoms with Crippen molar-refractivity contribution in [1.82, 2.24) is 9.58 Å². The molecule has 1 fully saturated rings. The first-order valence-electron chi connectivity index (χ1n) is 8.31. The molecule has 1 N–H and O–H groups in total. The van der Waals surface area contributed by atoms with Gasteiger partial charge in [-0.05, 0) is 13.1 Å². The second-order valence-corrected chi connectivity index (χ2v) is 6.68. The number of pyridine rings is 1. The predicted octanol–water partition coefficient (Wildman–Crippen LogP) is -2.49. The average molecular weight is 385 g/mol. The van der Waals surface area contributed by atoms with Crippen molar-refractivity contribution in [2.75, 3.05) is 56.9 Å². The molecule has 138 valence electrons. The standard InChI is InChI=1S/C17H19FN4O4.Na/c1-19-3-5-21(6-4-19)14-12(18)7-10-13-16(14)26-9-20(2)22(13)8-11(15(10)23)17(24)25;/h7-8H,3-6,9H2,1-2H3,(H,24,25);/q;+1. The molecule has 4 rings (SSSR count). The van der Waals surface area contributed by atoms with Crippen LogP contribution < -0.4 is 49.6 Å². The fraction of sp³-hybridized carbons (Fsp3) is 0.412. The number of benzene rings is 1. The van der Waals surface area contributed by atoms with E-state index >= 15 is 0 Å². The van der Waals surface area contributed by atoms with E-state index in [1.807, 2.05) is 11.9 Å². The van der Waals surface area contributed by atoms with Crippen LogP contribution in [0.3, 0.4) is 0 Å². The number of likely N-dealkylation sites (N-methyl/N-ethyl adjacent to an activating group) is 1. The Labute approximate surface area is 177 Å². The zero-order valence-electron chi connectivity index (χ0n) is 15.5. The minimum Gasteiger partial charge on any atom is -0.477 e. The molecule has 0 saturated carbocycles. The molecule has 0 aliphatic carbocycles. The van der Waals surface area contributed by atoms with Gasteiger partial charge in [-0.2, -0.15) is 0 Å². The maximum Gasteiger partial charge on any atom is 1.00 e. The van der Waals surface area contributed by atoms with Gasteiger partial charge < -0.3 is 19.6 Å².